The lowest BCUT2D eigenvalue weighted by atomic mass is 9.86. The molecule has 3 saturated heterocycles. The van der Waals surface area contributed by atoms with Gasteiger partial charge in [-0.3, -0.25) is 19.5 Å². The lowest BCUT2D eigenvalue weighted by Gasteiger charge is -2.44. The number of carbonyl (C=O) groups excluding carboxylic acids is 3. The molecule has 0 spiro atoms. The molecule has 0 radical (unpaired) electrons. The number of ether oxygens (including phenoxy) is 4. The summed E-state index contributed by atoms with van der Waals surface area (Å²) in [5.41, 5.74) is 1.77. The van der Waals surface area contributed by atoms with Gasteiger partial charge in [-0.2, -0.15) is 0 Å². The molecule has 3 fully saturated rings. The Bertz CT molecular complexity index is 1940. The molecule has 3 aliphatic heterocycles. The second kappa shape index (κ2) is 17.3. The van der Waals surface area contributed by atoms with Crippen LogP contribution in [0.4, 0.5) is 10.1 Å². The fraction of sp³-hybridized carbons (Fsp3) is 0.333. The SMILES string of the molecule is COc1ccc(C(Cc2c(Cl)cncc2Cl)OC(=O)CNC(=O)c2cccc(NC(C(=O)O[C@H]3CN4CCC3CC4)c3ccccc3F)c2)cc1OC. The third kappa shape index (κ3) is 9.19. The van der Waals surface area contributed by atoms with Crippen LogP contribution in [0.25, 0.3) is 0 Å². The molecule has 4 aromatic rings. The average molecular weight is 766 g/mol. The molecule has 2 N–H and O–H groups in total. The highest BCUT2D eigenvalue weighted by atomic mass is 35.5. The van der Waals surface area contributed by atoms with Gasteiger partial charge in [-0.15, -0.1) is 0 Å². The average Bonchev–Trinajstić information content (AvgIpc) is 3.17. The largest absolute Gasteiger partial charge is 0.493 e. The van der Waals surface area contributed by atoms with Crippen LogP contribution in [0, 0.1) is 11.7 Å². The molecule has 3 atom stereocenters. The lowest BCUT2D eigenvalue weighted by molar-refractivity contribution is -0.160. The molecular weight excluding hydrogens is 726 g/mol. The number of amides is 1. The van der Waals surface area contributed by atoms with E-state index in [4.69, 9.17) is 42.1 Å². The summed E-state index contributed by atoms with van der Waals surface area (Å²) < 4.78 is 37.7. The number of nitrogens with zero attached hydrogens (tertiary/aromatic N) is 2. The van der Waals surface area contributed by atoms with Crippen molar-refractivity contribution in [2.75, 3.05) is 45.7 Å². The number of pyridine rings is 1. The minimum Gasteiger partial charge on any atom is -0.493 e. The lowest BCUT2D eigenvalue weighted by Crippen LogP contribution is -2.52. The molecule has 0 saturated carbocycles. The fourth-order valence-corrected chi connectivity index (χ4v) is 7.22. The van der Waals surface area contributed by atoms with Gasteiger partial charge in [-0.05, 0) is 79.4 Å². The maximum atomic E-state index is 15.1. The zero-order valence-electron chi connectivity index (χ0n) is 29.2. The van der Waals surface area contributed by atoms with Gasteiger partial charge >= 0.3 is 11.9 Å². The standard InChI is InChI=1S/C39H39Cl2FN4O7/c1-50-32-11-10-24(17-34(32)51-2)33(18-28-29(40)19-43-20-30(28)41)52-36(47)21-44-38(48)25-6-5-7-26(16-25)45-37(27-8-3-4-9-31(27)42)39(49)53-35-22-46-14-12-23(35)13-15-46/h3-11,16-17,19-20,23,33,35,37,45H,12-15,18,21-22H2,1-2H3,(H,44,48)/t33?,35-,37?/m0/s1. The summed E-state index contributed by atoms with van der Waals surface area (Å²) in [6, 6.07) is 16.2. The molecular formula is C39H39Cl2FN4O7. The summed E-state index contributed by atoms with van der Waals surface area (Å²) in [5.74, 6) is -1.31. The molecule has 11 nitrogen and oxygen atoms in total. The van der Waals surface area contributed by atoms with Crippen LogP contribution in [0.2, 0.25) is 10.0 Å². The summed E-state index contributed by atoms with van der Waals surface area (Å²) in [4.78, 5) is 46.4. The molecule has 0 aliphatic carbocycles. The van der Waals surface area contributed by atoms with Crippen LogP contribution in [0.15, 0.2) is 79.1 Å². The van der Waals surface area contributed by atoms with Crippen molar-refractivity contribution in [3.63, 3.8) is 0 Å². The summed E-state index contributed by atoms with van der Waals surface area (Å²) in [6.07, 6.45) is 3.74. The van der Waals surface area contributed by atoms with Crippen LogP contribution in [-0.2, 0) is 25.5 Å². The fourth-order valence-electron chi connectivity index (χ4n) is 6.71. The van der Waals surface area contributed by atoms with Gasteiger partial charge in [0.25, 0.3) is 5.91 Å². The monoisotopic (exact) mass is 764 g/mol. The van der Waals surface area contributed by atoms with Crippen LogP contribution in [0.1, 0.15) is 52.0 Å². The van der Waals surface area contributed by atoms with Crippen LogP contribution >= 0.6 is 23.2 Å². The highest BCUT2D eigenvalue weighted by Gasteiger charge is 2.38. The second-order valence-corrected chi connectivity index (χ2v) is 13.7. The predicted molar refractivity (Wildman–Crippen MR) is 197 cm³/mol. The van der Waals surface area contributed by atoms with E-state index in [0.717, 1.165) is 25.9 Å². The third-order valence-electron chi connectivity index (χ3n) is 9.54. The number of methoxy groups -OCH3 is 2. The zero-order valence-corrected chi connectivity index (χ0v) is 30.7. The summed E-state index contributed by atoms with van der Waals surface area (Å²) in [6.45, 7) is 2.14. The van der Waals surface area contributed by atoms with Gasteiger partial charge in [0.1, 0.15) is 24.6 Å². The number of esters is 2. The van der Waals surface area contributed by atoms with Crippen molar-refractivity contribution in [1.29, 1.82) is 0 Å². The zero-order chi connectivity index (χ0) is 37.5. The Morgan fingerprint density at radius 2 is 1.68 bits per heavy atom. The maximum Gasteiger partial charge on any atom is 0.333 e. The van der Waals surface area contributed by atoms with Gasteiger partial charge in [0, 0.05) is 42.2 Å². The number of piperidine rings is 3. The second-order valence-electron chi connectivity index (χ2n) is 12.9. The number of rotatable bonds is 14. The molecule has 278 valence electrons. The van der Waals surface area contributed by atoms with E-state index in [0.29, 0.717) is 44.9 Å². The van der Waals surface area contributed by atoms with Crippen LogP contribution in [-0.4, -0.2) is 74.2 Å². The highest BCUT2D eigenvalue weighted by Crippen LogP contribution is 2.36. The van der Waals surface area contributed by atoms with Crippen molar-refractivity contribution in [2.24, 2.45) is 5.92 Å². The van der Waals surface area contributed by atoms with Crippen molar-refractivity contribution in [1.82, 2.24) is 15.2 Å². The smallest absolute Gasteiger partial charge is 0.333 e. The number of fused-ring (bicyclic) bond motifs is 3. The Morgan fingerprint density at radius 1 is 0.943 bits per heavy atom. The first kappa shape index (κ1) is 37.8. The van der Waals surface area contributed by atoms with E-state index in [9.17, 15) is 14.4 Å². The number of benzene rings is 3. The minimum atomic E-state index is -1.17. The summed E-state index contributed by atoms with van der Waals surface area (Å²) >= 11 is 12.8. The molecule has 1 aromatic heterocycles. The minimum absolute atomic E-state index is 0.105. The van der Waals surface area contributed by atoms with Gasteiger partial charge in [-0.1, -0.05) is 53.5 Å². The van der Waals surface area contributed by atoms with E-state index in [1.165, 1.54) is 44.8 Å². The van der Waals surface area contributed by atoms with Crippen LogP contribution in [0.5, 0.6) is 11.5 Å². The topological polar surface area (TPSA) is 128 Å². The molecule has 3 aromatic carbocycles. The highest BCUT2D eigenvalue weighted by molar-refractivity contribution is 6.35. The quantitative estimate of drug-likeness (QED) is 0.136. The number of hydrogen-bond acceptors (Lipinski definition) is 10. The Labute approximate surface area is 316 Å². The Morgan fingerprint density at radius 3 is 2.36 bits per heavy atom. The Hall–Kier alpha value is -4.91. The number of hydrogen-bond donors (Lipinski definition) is 2. The third-order valence-corrected chi connectivity index (χ3v) is 10.2. The van der Waals surface area contributed by atoms with Gasteiger partial charge in [0.05, 0.1) is 24.3 Å². The first-order chi connectivity index (χ1) is 25.6. The normalized spacial score (nSPS) is 18.7. The molecule has 14 heteroatoms. The van der Waals surface area contributed by atoms with Crippen molar-refractivity contribution >= 4 is 46.7 Å². The van der Waals surface area contributed by atoms with Gasteiger partial charge in [-0.25, -0.2) is 9.18 Å². The summed E-state index contributed by atoms with van der Waals surface area (Å²) in [5, 5.41) is 6.26. The number of carbonyl (C=O) groups is 3. The van der Waals surface area contributed by atoms with E-state index in [1.54, 1.807) is 48.5 Å². The van der Waals surface area contributed by atoms with E-state index in [2.05, 4.69) is 20.5 Å². The first-order valence-corrected chi connectivity index (χ1v) is 17.9. The van der Waals surface area contributed by atoms with E-state index < -0.39 is 42.4 Å². The Kier molecular flexibility index (Phi) is 12.3. The molecule has 7 rings (SSSR count). The predicted octanol–water partition coefficient (Wildman–Crippen LogP) is 6.59. The molecule has 2 unspecified atom stereocenters. The molecule has 3 aliphatic rings. The van der Waals surface area contributed by atoms with Crippen molar-refractivity contribution in [2.45, 2.75) is 37.5 Å². The molecule has 53 heavy (non-hydrogen) atoms. The van der Waals surface area contributed by atoms with E-state index in [1.807, 2.05) is 0 Å². The summed E-state index contributed by atoms with van der Waals surface area (Å²) in [7, 11) is 3.00. The van der Waals surface area contributed by atoms with E-state index >= 15 is 4.39 Å². The van der Waals surface area contributed by atoms with Gasteiger partial charge in [0.2, 0.25) is 0 Å². The molecule has 1 amide bonds. The molecule has 4 heterocycles. The number of anilines is 1. The number of halogens is 3. The first-order valence-electron chi connectivity index (χ1n) is 17.1. The number of aromatic nitrogens is 1. The van der Waals surface area contributed by atoms with Gasteiger partial charge < -0.3 is 29.6 Å². The van der Waals surface area contributed by atoms with Crippen molar-refractivity contribution < 1.29 is 37.7 Å². The maximum absolute atomic E-state index is 15.1. The van der Waals surface area contributed by atoms with Gasteiger partial charge in [0.15, 0.2) is 17.5 Å². The van der Waals surface area contributed by atoms with Crippen LogP contribution < -0.4 is 20.1 Å². The molecule has 2 bridgehead atoms. The van der Waals surface area contributed by atoms with Crippen LogP contribution in [0.3, 0.4) is 0 Å². The Balaban J connectivity index is 1.14. The van der Waals surface area contributed by atoms with E-state index in [-0.39, 0.29) is 29.6 Å². The number of nitrogens with one attached hydrogen (secondary N) is 2. The van der Waals surface area contributed by atoms with Crippen molar-refractivity contribution in [3.8, 4) is 11.5 Å². The van der Waals surface area contributed by atoms with Crippen molar-refractivity contribution in [3.05, 3.63) is 117 Å².